The highest BCUT2D eigenvalue weighted by Gasteiger charge is 2.08. The zero-order chi connectivity index (χ0) is 9.30. The Bertz CT molecular complexity index is 338. The van der Waals surface area contributed by atoms with E-state index >= 15 is 0 Å². The monoisotopic (exact) mass is 247 g/mol. The number of carbonyl (C=O) groups is 1. The average Bonchev–Trinajstić information content (AvgIpc) is 1.96. The first-order valence-electron chi connectivity index (χ1n) is 3.28. The lowest BCUT2D eigenvalue weighted by molar-refractivity contribution is 0.0999. The third kappa shape index (κ3) is 1.79. The van der Waals surface area contributed by atoms with Crippen LogP contribution in [0, 0.1) is 6.92 Å². The van der Waals surface area contributed by atoms with Crippen LogP contribution in [0.5, 0.6) is 0 Å². The second-order valence-electron chi connectivity index (χ2n) is 2.45. The minimum absolute atomic E-state index is 0.455. The number of carbonyl (C=O) groups excluding carboxylic acids is 1. The molecule has 0 aliphatic rings. The normalized spacial score (nSPS) is 9.92. The summed E-state index contributed by atoms with van der Waals surface area (Å²) >= 11 is 9.01. The zero-order valence-electron chi connectivity index (χ0n) is 6.40. The number of nitrogens with two attached hydrogens (primary N) is 1. The molecule has 64 valence electrons. The van der Waals surface area contributed by atoms with Gasteiger partial charge in [0.25, 0.3) is 0 Å². The van der Waals surface area contributed by atoms with E-state index in [2.05, 4.69) is 15.9 Å². The van der Waals surface area contributed by atoms with E-state index in [1.54, 1.807) is 12.1 Å². The maximum absolute atomic E-state index is 10.8. The van der Waals surface area contributed by atoms with E-state index in [-0.39, 0.29) is 0 Å². The maximum atomic E-state index is 10.8. The van der Waals surface area contributed by atoms with Crippen molar-refractivity contribution in [2.24, 2.45) is 5.73 Å². The summed E-state index contributed by atoms with van der Waals surface area (Å²) in [7, 11) is 0. The number of hydrogen-bond donors (Lipinski definition) is 1. The van der Waals surface area contributed by atoms with Crippen LogP contribution < -0.4 is 5.73 Å². The van der Waals surface area contributed by atoms with Crippen LogP contribution in [0.3, 0.4) is 0 Å². The molecule has 0 bridgehead atoms. The molecule has 1 aromatic rings. The van der Waals surface area contributed by atoms with Crippen molar-refractivity contribution in [2.45, 2.75) is 6.92 Å². The quantitative estimate of drug-likeness (QED) is 0.815. The smallest absolute Gasteiger partial charge is 0.249 e. The van der Waals surface area contributed by atoms with Crippen LogP contribution in [0.2, 0.25) is 5.02 Å². The number of amides is 1. The second kappa shape index (κ2) is 3.46. The summed E-state index contributed by atoms with van der Waals surface area (Å²) in [4.78, 5) is 10.8. The lowest BCUT2D eigenvalue weighted by Gasteiger charge is -2.03. The van der Waals surface area contributed by atoms with Gasteiger partial charge in [0, 0.05) is 9.50 Å². The third-order valence-electron chi connectivity index (χ3n) is 1.51. The molecule has 1 rings (SSSR count). The van der Waals surface area contributed by atoms with E-state index in [1.807, 2.05) is 6.92 Å². The number of aryl methyl sites for hydroxylation is 1. The van der Waals surface area contributed by atoms with Gasteiger partial charge in [0.05, 0.1) is 5.56 Å². The first-order valence-corrected chi connectivity index (χ1v) is 4.45. The molecular weight excluding hydrogens is 241 g/mol. The summed E-state index contributed by atoms with van der Waals surface area (Å²) in [5.74, 6) is -0.457. The molecule has 0 radical (unpaired) electrons. The van der Waals surface area contributed by atoms with Gasteiger partial charge in [-0.25, -0.2) is 0 Å². The van der Waals surface area contributed by atoms with Crippen LogP contribution in [0.4, 0.5) is 0 Å². The van der Waals surface area contributed by atoms with E-state index in [0.29, 0.717) is 15.1 Å². The Kier molecular flexibility index (Phi) is 2.75. The molecule has 1 aromatic carbocycles. The molecule has 0 spiro atoms. The molecule has 0 heterocycles. The fourth-order valence-corrected chi connectivity index (χ4v) is 1.68. The average molecular weight is 249 g/mol. The van der Waals surface area contributed by atoms with Gasteiger partial charge in [0.15, 0.2) is 0 Å². The highest BCUT2D eigenvalue weighted by Crippen LogP contribution is 2.24. The van der Waals surface area contributed by atoms with E-state index in [4.69, 9.17) is 17.3 Å². The van der Waals surface area contributed by atoms with Crippen LogP contribution >= 0.6 is 27.5 Å². The third-order valence-corrected chi connectivity index (χ3v) is 2.58. The fraction of sp³-hybridized carbons (Fsp3) is 0.125. The number of hydrogen-bond acceptors (Lipinski definition) is 1. The fourth-order valence-electron chi connectivity index (χ4n) is 0.846. The predicted molar refractivity (Wildman–Crippen MR) is 52.4 cm³/mol. The largest absolute Gasteiger partial charge is 0.366 e. The molecule has 0 unspecified atom stereocenters. The van der Waals surface area contributed by atoms with Crippen molar-refractivity contribution in [3.05, 3.63) is 32.8 Å². The van der Waals surface area contributed by atoms with Crippen molar-refractivity contribution in [3.8, 4) is 0 Å². The van der Waals surface area contributed by atoms with Crippen molar-refractivity contribution in [2.75, 3.05) is 0 Å². The topological polar surface area (TPSA) is 43.1 Å². The van der Waals surface area contributed by atoms with Gasteiger partial charge in [-0.1, -0.05) is 11.6 Å². The van der Waals surface area contributed by atoms with Gasteiger partial charge < -0.3 is 5.73 Å². The molecule has 2 nitrogen and oxygen atoms in total. The Morgan fingerprint density at radius 2 is 2.17 bits per heavy atom. The highest BCUT2D eigenvalue weighted by molar-refractivity contribution is 9.10. The number of halogens is 2. The molecule has 0 fully saturated rings. The van der Waals surface area contributed by atoms with E-state index < -0.39 is 5.91 Å². The molecule has 2 N–H and O–H groups in total. The zero-order valence-corrected chi connectivity index (χ0v) is 8.74. The number of rotatable bonds is 1. The SMILES string of the molecule is Cc1cc(C(N)=O)c(Br)cc1Cl. The van der Waals surface area contributed by atoms with Crippen LogP contribution in [-0.4, -0.2) is 5.91 Å². The number of benzene rings is 1. The lowest BCUT2D eigenvalue weighted by Crippen LogP contribution is -2.11. The van der Waals surface area contributed by atoms with Crippen molar-refractivity contribution in [1.29, 1.82) is 0 Å². The molecular formula is C8H7BrClNO. The molecule has 0 aliphatic heterocycles. The molecule has 1 amide bonds. The van der Waals surface area contributed by atoms with Crippen molar-refractivity contribution < 1.29 is 4.79 Å². The minimum atomic E-state index is -0.457. The summed E-state index contributed by atoms with van der Waals surface area (Å²) in [6, 6.07) is 3.33. The summed E-state index contributed by atoms with van der Waals surface area (Å²) in [6.45, 7) is 1.82. The molecule has 0 aliphatic carbocycles. The van der Waals surface area contributed by atoms with Gasteiger partial charge in [0.2, 0.25) is 5.91 Å². The van der Waals surface area contributed by atoms with Crippen molar-refractivity contribution in [1.82, 2.24) is 0 Å². The summed E-state index contributed by atoms with van der Waals surface area (Å²) in [5, 5.41) is 0.617. The van der Waals surface area contributed by atoms with Gasteiger partial charge in [0.1, 0.15) is 0 Å². The molecule has 0 saturated carbocycles. The molecule has 0 atom stereocenters. The predicted octanol–water partition coefficient (Wildman–Crippen LogP) is 2.51. The Morgan fingerprint density at radius 3 is 2.67 bits per heavy atom. The van der Waals surface area contributed by atoms with Gasteiger partial charge in [-0.2, -0.15) is 0 Å². The Balaban J connectivity index is 3.33. The Hall–Kier alpha value is -0.540. The van der Waals surface area contributed by atoms with Crippen LogP contribution in [0.25, 0.3) is 0 Å². The molecule has 0 aromatic heterocycles. The van der Waals surface area contributed by atoms with E-state index in [1.165, 1.54) is 0 Å². The summed E-state index contributed by atoms with van der Waals surface area (Å²) < 4.78 is 0.630. The van der Waals surface area contributed by atoms with Gasteiger partial charge in [-0.3, -0.25) is 4.79 Å². The van der Waals surface area contributed by atoms with Gasteiger partial charge in [-0.15, -0.1) is 0 Å². The van der Waals surface area contributed by atoms with Gasteiger partial charge in [-0.05, 0) is 40.5 Å². The summed E-state index contributed by atoms with van der Waals surface area (Å²) in [6.07, 6.45) is 0. The van der Waals surface area contributed by atoms with Gasteiger partial charge >= 0.3 is 0 Å². The number of primary amides is 1. The minimum Gasteiger partial charge on any atom is -0.366 e. The molecule has 4 heteroatoms. The maximum Gasteiger partial charge on any atom is 0.249 e. The van der Waals surface area contributed by atoms with Crippen LogP contribution in [0.15, 0.2) is 16.6 Å². The molecule has 0 saturated heterocycles. The second-order valence-corrected chi connectivity index (χ2v) is 3.71. The van der Waals surface area contributed by atoms with Crippen molar-refractivity contribution >= 4 is 33.4 Å². The first-order chi connectivity index (χ1) is 5.52. The lowest BCUT2D eigenvalue weighted by atomic mass is 10.1. The first kappa shape index (κ1) is 9.55. The van der Waals surface area contributed by atoms with Crippen LogP contribution in [-0.2, 0) is 0 Å². The standard InChI is InChI=1S/C8H7BrClNO/c1-4-2-5(8(11)12)6(9)3-7(4)10/h2-3H,1H3,(H2,11,12). The van der Waals surface area contributed by atoms with Crippen LogP contribution in [0.1, 0.15) is 15.9 Å². The van der Waals surface area contributed by atoms with Crippen molar-refractivity contribution in [3.63, 3.8) is 0 Å². The van der Waals surface area contributed by atoms with E-state index in [9.17, 15) is 4.79 Å². The molecule has 12 heavy (non-hydrogen) atoms. The summed E-state index contributed by atoms with van der Waals surface area (Å²) in [5.41, 5.74) is 6.42. The highest BCUT2D eigenvalue weighted by atomic mass is 79.9. The Labute approximate surface area is 83.8 Å². The van der Waals surface area contributed by atoms with E-state index in [0.717, 1.165) is 5.56 Å². The Morgan fingerprint density at radius 1 is 1.58 bits per heavy atom.